The van der Waals surface area contributed by atoms with Crippen molar-refractivity contribution in [2.24, 2.45) is 0 Å². The summed E-state index contributed by atoms with van der Waals surface area (Å²) in [4.78, 5) is 25.9. The highest BCUT2D eigenvalue weighted by atomic mass is 32.1. The third kappa shape index (κ3) is 3.80. The van der Waals surface area contributed by atoms with E-state index in [2.05, 4.69) is 5.32 Å². The first-order chi connectivity index (χ1) is 12.5. The minimum atomic E-state index is -0.981. The van der Waals surface area contributed by atoms with Gasteiger partial charge in [0.25, 0.3) is 5.91 Å². The summed E-state index contributed by atoms with van der Waals surface area (Å²) < 4.78 is 19.6. The molecule has 138 valence electrons. The lowest BCUT2D eigenvalue weighted by molar-refractivity contribution is -0.154. The Bertz CT molecular complexity index is 769. The highest BCUT2D eigenvalue weighted by Crippen LogP contribution is 2.43. The van der Waals surface area contributed by atoms with Gasteiger partial charge in [0.15, 0.2) is 6.61 Å². The molecule has 1 heterocycles. The molecule has 1 aliphatic rings. The molecule has 0 saturated heterocycles. The van der Waals surface area contributed by atoms with Crippen molar-refractivity contribution in [2.75, 3.05) is 6.61 Å². The number of hydrogen-bond acceptors (Lipinski definition) is 4. The first-order valence-electron chi connectivity index (χ1n) is 8.78. The minimum absolute atomic E-state index is 0.145. The number of halogens is 1. The lowest BCUT2D eigenvalue weighted by atomic mass is 9.78. The molecule has 26 heavy (non-hydrogen) atoms. The fourth-order valence-corrected chi connectivity index (χ4v) is 4.31. The van der Waals surface area contributed by atoms with Crippen LogP contribution in [0.2, 0.25) is 0 Å². The predicted molar refractivity (Wildman–Crippen MR) is 98.4 cm³/mol. The molecule has 1 fully saturated rings. The van der Waals surface area contributed by atoms with E-state index in [0.29, 0.717) is 18.4 Å². The second-order valence-corrected chi connectivity index (χ2v) is 7.63. The molecule has 1 aliphatic carbocycles. The second-order valence-electron chi connectivity index (χ2n) is 6.65. The Morgan fingerprint density at radius 3 is 2.62 bits per heavy atom. The summed E-state index contributed by atoms with van der Waals surface area (Å²) in [6, 6.07) is 10.0. The van der Waals surface area contributed by atoms with Gasteiger partial charge < -0.3 is 10.1 Å². The largest absolute Gasteiger partial charge is 0.455 e. The van der Waals surface area contributed by atoms with Crippen LogP contribution in [0.25, 0.3) is 0 Å². The maximum Gasteiger partial charge on any atom is 0.317 e. The number of nitrogens with one attached hydrogen (secondary N) is 1. The third-order valence-corrected chi connectivity index (χ3v) is 5.97. The number of rotatable bonds is 6. The number of carbonyl (C=O) groups is 2. The summed E-state index contributed by atoms with van der Waals surface area (Å²) in [7, 11) is 0. The monoisotopic (exact) mass is 375 g/mol. The Balaban J connectivity index is 1.64. The van der Waals surface area contributed by atoms with Gasteiger partial charge in [-0.15, -0.1) is 11.3 Å². The Morgan fingerprint density at radius 1 is 1.23 bits per heavy atom. The van der Waals surface area contributed by atoms with Gasteiger partial charge in [-0.3, -0.25) is 9.59 Å². The zero-order valence-corrected chi connectivity index (χ0v) is 15.5. The van der Waals surface area contributed by atoms with Crippen LogP contribution >= 0.6 is 11.3 Å². The average Bonchev–Trinajstić information content (AvgIpc) is 3.32. The number of carbonyl (C=O) groups excluding carboxylic acids is 2. The molecule has 0 aliphatic heterocycles. The summed E-state index contributed by atoms with van der Waals surface area (Å²) in [6.45, 7) is 1.52. The summed E-state index contributed by atoms with van der Waals surface area (Å²) in [6.07, 6.45) is 2.76. The summed E-state index contributed by atoms with van der Waals surface area (Å²) in [5.41, 5.74) is -0.611. The quantitative estimate of drug-likeness (QED) is 0.773. The predicted octanol–water partition coefficient (Wildman–Crippen LogP) is 4.12. The zero-order chi connectivity index (χ0) is 18.6. The molecule has 1 atom stereocenters. The molecule has 0 bridgehead atoms. The van der Waals surface area contributed by atoms with Gasteiger partial charge in [-0.05, 0) is 37.3 Å². The first-order valence-corrected chi connectivity index (χ1v) is 9.66. The van der Waals surface area contributed by atoms with Gasteiger partial charge in [0.1, 0.15) is 5.82 Å². The van der Waals surface area contributed by atoms with Crippen molar-refractivity contribution < 1.29 is 18.7 Å². The molecule has 1 saturated carbocycles. The van der Waals surface area contributed by atoms with E-state index in [9.17, 15) is 14.0 Å². The van der Waals surface area contributed by atoms with Crippen molar-refractivity contribution in [3.63, 3.8) is 0 Å². The van der Waals surface area contributed by atoms with Gasteiger partial charge in [-0.2, -0.15) is 0 Å². The molecular weight excluding hydrogens is 353 g/mol. The number of amides is 1. The SMILES string of the molecule is C[C@H](NC(=O)COC(=O)C1(c2ccccc2F)CCCC1)c1cccs1. The van der Waals surface area contributed by atoms with Gasteiger partial charge in [0.2, 0.25) is 0 Å². The van der Waals surface area contributed by atoms with Crippen molar-refractivity contribution in [2.45, 2.75) is 44.1 Å². The van der Waals surface area contributed by atoms with E-state index in [1.54, 1.807) is 29.5 Å². The van der Waals surface area contributed by atoms with Crippen LogP contribution in [-0.4, -0.2) is 18.5 Å². The fraction of sp³-hybridized carbons (Fsp3) is 0.400. The molecule has 4 nitrogen and oxygen atoms in total. The zero-order valence-electron chi connectivity index (χ0n) is 14.7. The van der Waals surface area contributed by atoms with Crippen LogP contribution < -0.4 is 5.32 Å². The molecular formula is C20H22FNO3S. The maximum absolute atomic E-state index is 14.3. The van der Waals surface area contributed by atoms with E-state index in [4.69, 9.17) is 4.74 Å². The van der Waals surface area contributed by atoms with E-state index in [0.717, 1.165) is 17.7 Å². The van der Waals surface area contributed by atoms with Gasteiger partial charge in [0.05, 0.1) is 11.5 Å². The molecule has 0 unspecified atom stereocenters. The van der Waals surface area contributed by atoms with E-state index < -0.39 is 17.2 Å². The van der Waals surface area contributed by atoms with Crippen LogP contribution in [0, 0.1) is 5.82 Å². The molecule has 1 aromatic heterocycles. The standard InChI is InChI=1S/C20H22FNO3S/c1-14(17-9-6-12-26-17)22-18(23)13-25-19(24)20(10-4-5-11-20)15-7-2-3-8-16(15)21/h2-3,6-9,12,14H,4-5,10-11,13H2,1H3,(H,22,23)/t14-/m0/s1. The lowest BCUT2D eigenvalue weighted by Crippen LogP contribution is -2.38. The van der Waals surface area contributed by atoms with Crippen molar-refractivity contribution >= 4 is 23.2 Å². The Hall–Kier alpha value is -2.21. The van der Waals surface area contributed by atoms with Crippen LogP contribution in [0.4, 0.5) is 4.39 Å². The number of hydrogen-bond donors (Lipinski definition) is 1. The smallest absolute Gasteiger partial charge is 0.317 e. The molecule has 1 amide bonds. The van der Waals surface area contributed by atoms with Gasteiger partial charge in [0, 0.05) is 10.4 Å². The van der Waals surface area contributed by atoms with Crippen molar-refractivity contribution in [3.05, 3.63) is 58.0 Å². The van der Waals surface area contributed by atoms with Crippen LogP contribution in [0.5, 0.6) is 0 Å². The van der Waals surface area contributed by atoms with Crippen molar-refractivity contribution in [1.82, 2.24) is 5.32 Å². The van der Waals surface area contributed by atoms with Crippen molar-refractivity contribution in [3.8, 4) is 0 Å². The fourth-order valence-electron chi connectivity index (χ4n) is 3.57. The molecule has 6 heteroatoms. The summed E-state index contributed by atoms with van der Waals surface area (Å²) >= 11 is 1.55. The Kier molecular flexibility index (Phi) is 5.71. The Labute approximate surface area is 156 Å². The summed E-state index contributed by atoms with van der Waals surface area (Å²) in [5, 5.41) is 4.75. The topological polar surface area (TPSA) is 55.4 Å². The average molecular weight is 375 g/mol. The lowest BCUT2D eigenvalue weighted by Gasteiger charge is -2.27. The minimum Gasteiger partial charge on any atom is -0.455 e. The molecule has 1 aromatic carbocycles. The number of esters is 1. The van der Waals surface area contributed by atoms with Gasteiger partial charge in [-0.25, -0.2) is 4.39 Å². The first kappa shape index (κ1) is 18.6. The molecule has 0 spiro atoms. The third-order valence-electron chi connectivity index (χ3n) is 4.92. The van der Waals surface area contributed by atoms with Gasteiger partial charge >= 0.3 is 5.97 Å². The molecule has 0 radical (unpaired) electrons. The number of benzene rings is 1. The highest BCUT2D eigenvalue weighted by molar-refractivity contribution is 7.10. The Morgan fingerprint density at radius 2 is 1.96 bits per heavy atom. The van der Waals surface area contributed by atoms with E-state index in [1.165, 1.54) is 6.07 Å². The van der Waals surface area contributed by atoms with Crippen LogP contribution in [0.1, 0.15) is 49.1 Å². The molecule has 2 aromatic rings. The van der Waals surface area contributed by atoms with Crippen LogP contribution in [-0.2, 0) is 19.7 Å². The second kappa shape index (κ2) is 7.99. The number of thiophene rings is 1. The maximum atomic E-state index is 14.3. The number of ether oxygens (including phenoxy) is 1. The molecule has 1 N–H and O–H groups in total. The summed E-state index contributed by atoms with van der Waals surface area (Å²) in [5.74, 6) is -1.28. The van der Waals surface area contributed by atoms with E-state index in [-0.39, 0.29) is 18.6 Å². The van der Waals surface area contributed by atoms with E-state index >= 15 is 0 Å². The van der Waals surface area contributed by atoms with E-state index in [1.807, 2.05) is 24.4 Å². The highest BCUT2D eigenvalue weighted by Gasteiger charge is 2.45. The van der Waals surface area contributed by atoms with Crippen LogP contribution in [0.3, 0.4) is 0 Å². The normalized spacial score (nSPS) is 16.8. The molecule has 3 rings (SSSR count). The van der Waals surface area contributed by atoms with Crippen LogP contribution in [0.15, 0.2) is 41.8 Å². The van der Waals surface area contributed by atoms with Crippen molar-refractivity contribution in [1.29, 1.82) is 0 Å². The van der Waals surface area contributed by atoms with Gasteiger partial charge in [-0.1, -0.05) is 37.1 Å².